The quantitative estimate of drug-likeness (QED) is 0.530. The largest absolute Gasteiger partial charge is 0.497 e. The van der Waals surface area contributed by atoms with E-state index in [9.17, 15) is 9.59 Å². The first-order valence-corrected chi connectivity index (χ1v) is 9.93. The molecule has 0 saturated carbocycles. The highest BCUT2D eigenvalue weighted by atomic mass is 32.1. The molecule has 2 heterocycles. The molecule has 0 fully saturated rings. The lowest BCUT2D eigenvalue weighted by atomic mass is 9.97. The fourth-order valence-corrected chi connectivity index (χ4v) is 4.60. The summed E-state index contributed by atoms with van der Waals surface area (Å²) in [5, 5.41) is 4.63. The molecule has 1 N–H and O–H groups in total. The van der Waals surface area contributed by atoms with Crippen LogP contribution in [-0.2, 0) is 24.2 Å². The van der Waals surface area contributed by atoms with E-state index in [0.717, 1.165) is 41.6 Å². The number of methoxy groups -OCH3 is 1. The average Bonchev–Trinajstić information content (AvgIpc) is 3.09. The summed E-state index contributed by atoms with van der Waals surface area (Å²) in [6.45, 7) is -0.123. The van der Waals surface area contributed by atoms with Gasteiger partial charge >= 0.3 is 0 Å². The Balaban J connectivity index is 1.48. The van der Waals surface area contributed by atoms with Gasteiger partial charge in [0.15, 0.2) is 0 Å². The molecule has 0 radical (unpaired) electrons. The van der Waals surface area contributed by atoms with Gasteiger partial charge in [-0.2, -0.15) is 5.10 Å². The van der Waals surface area contributed by atoms with Crippen LogP contribution in [0.2, 0.25) is 0 Å². The molecule has 0 atom stereocenters. The van der Waals surface area contributed by atoms with E-state index < -0.39 is 0 Å². The molecule has 2 aromatic heterocycles. The summed E-state index contributed by atoms with van der Waals surface area (Å²) in [4.78, 5) is 31.5. The number of benzene rings is 1. The van der Waals surface area contributed by atoms with Crippen LogP contribution < -0.4 is 15.7 Å². The molecule has 0 aliphatic heterocycles. The molecule has 3 aromatic rings. The van der Waals surface area contributed by atoms with E-state index in [1.807, 2.05) is 18.2 Å². The normalized spacial score (nSPS) is 13.6. The molecule has 1 aliphatic rings. The number of nitrogens with zero attached hydrogens (tertiary/aromatic N) is 3. The summed E-state index contributed by atoms with van der Waals surface area (Å²) in [6, 6.07) is 7.32. The van der Waals surface area contributed by atoms with E-state index in [1.165, 1.54) is 22.0 Å². The van der Waals surface area contributed by atoms with Crippen molar-refractivity contribution in [2.75, 3.05) is 7.11 Å². The maximum absolute atomic E-state index is 12.9. The highest BCUT2D eigenvalue weighted by molar-refractivity contribution is 7.18. The van der Waals surface area contributed by atoms with Gasteiger partial charge in [0, 0.05) is 4.88 Å². The predicted molar refractivity (Wildman–Crippen MR) is 109 cm³/mol. The molecule has 1 aromatic carbocycles. The maximum atomic E-state index is 12.9. The van der Waals surface area contributed by atoms with Crippen molar-refractivity contribution in [1.29, 1.82) is 0 Å². The number of thiophene rings is 1. The molecular formula is C20H20N4O3S. The van der Waals surface area contributed by atoms with Crippen molar-refractivity contribution in [3.05, 3.63) is 57.0 Å². The number of rotatable bonds is 5. The van der Waals surface area contributed by atoms with Crippen molar-refractivity contribution in [3.8, 4) is 5.75 Å². The molecule has 28 heavy (non-hydrogen) atoms. The second-order valence-corrected chi connectivity index (χ2v) is 7.72. The SMILES string of the molecule is COc1cccc(/C=N/NC(=O)Cn2cnc3sc4c(c3c2=O)CCCC4)c1. The zero-order valence-electron chi connectivity index (χ0n) is 15.5. The van der Waals surface area contributed by atoms with E-state index >= 15 is 0 Å². The van der Waals surface area contributed by atoms with E-state index in [2.05, 4.69) is 15.5 Å². The Morgan fingerprint density at radius 3 is 3.11 bits per heavy atom. The van der Waals surface area contributed by atoms with Crippen LogP contribution in [0.3, 0.4) is 0 Å². The van der Waals surface area contributed by atoms with Gasteiger partial charge in [0.1, 0.15) is 17.1 Å². The predicted octanol–water partition coefficient (Wildman–Crippen LogP) is 2.50. The third-order valence-corrected chi connectivity index (χ3v) is 5.95. The van der Waals surface area contributed by atoms with Crippen LogP contribution in [0, 0.1) is 0 Å². The monoisotopic (exact) mass is 396 g/mol. The summed E-state index contributed by atoms with van der Waals surface area (Å²) < 4.78 is 6.50. The summed E-state index contributed by atoms with van der Waals surface area (Å²) in [5.41, 5.74) is 4.21. The van der Waals surface area contributed by atoms with Crippen LogP contribution in [-0.4, -0.2) is 28.8 Å². The molecule has 0 saturated heterocycles. The van der Waals surface area contributed by atoms with Crippen molar-refractivity contribution >= 4 is 33.7 Å². The Labute approximate surface area is 165 Å². The number of ether oxygens (including phenoxy) is 1. The number of carbonyl (C=O) groups is 1. The van der Waals surface area contributed by atoms with Gasteiger partial charge in [-0.05, 0) is 48.9 Å². The average molecular weight is 396 g/mol. The zero-order valence-corrected chi connectivity index (χ0v) is 16.3. The Morgan fingerprint density at radius 2 is 2.25 bits per heavy atom. The van der Waals surface area contributed by atoms with Gasteiger partial charge < -0.3 is 4.74 Å². The molecule has 4 rings (SSSR count). The number of fused-ring (bicyclic) bond motifs is 3. The number of amides is 1. The van der Waals surface area contributed by atoms with Crippen LogP contribution in [0.25, 0.3) is 10.2 Å². The first-order valence-electron chi connectivity index (χ1n) is 9.11. The summed E-state index contributed by atoms with van der Waals surface area (Å²) in [5.74, 6) is 0.326. The molecule has 1 aliphatic carbocycles. The standard InChI is InChI=1S/C20H20N4O3S/c1-27-14-6-4-5-13(9-14)10-22-23-17(25)11-24-12-21-19-18(20(24)26)15-7-2-3-8-16(15)28-19/h4-6,9-10,12H,2-3,7-8,11H2,1H3,(H,23,25)/b22-10+. The number of hydrogen-bond donors (Lipinski definition) is 1. The Bertz CT molecular complexity index is 1120. The second kappa shape index (κ2) is 7.93. The van der Waals surface area contributed by atoms with Gasteiger partial charge in [-0.1, -0.05) is 12.1 Å². The van der Waals surface area contributed by atoms with Crippen molar-refractivity contribution in [2.45, 2.75) is 32.2 Å². The lowest BCUT2D eigenvalue weighted by Gasteiger charge is -2.10. The zero-order chi connectivity index (χ0) is 19.5. The number of aryl methyl sites for hydroxylation is 2. The summed E-state index contributed by atoms with van der Waals surface area (Å²) in [7, 11) is 1.59. The smallest absolute Gasteiger partial charge is 0.262 e. The van der Waals surface area contributed by atoms with E-state index in [1.54, 1.807) is 24.5 Å². The Hall–Kier alpha value is -3.00. The first kappa shape index (κ1) is 18.4. The minimum atomic E-state index is -0.383. The Kier molecular flexibility index (Phi) is 5.21. The van der Waals surface area contributed by atoms with Crippen LogP contribution in [0.5, 0.6) is 5.75 Å². The molecule has 8 heteroatoms. The highest BCUT2D eigenvalue weighted by Crippen LogP contribution is 2.33. The van der Waals surface area contributed by atoms with Gasteiger partial charge in [-0.25, -0.2) is 10.4 Å². The number of carbonyl (C=O) groups excluding carboxylic acids is 1. The lowest BCUT2D eigenvalue weighted by molar-refractivity contribution is -0.121. The molecular weight excluding hydrogens is 376 g/mol. The molecule has 7 nitrogen and oxygen atoms in total. The van der Waals surface area contributed by atoms with E-state index in [-0.39, 0.29) is 18.0 Å². The Morgan fingerprint density at radius 1 is 1.39 bits per heavy atom. The third kappa shape index (κ3) is 3.68. The van der Waals surface area contributed by atoms with Gasteiger partial charge in [0.2, 0.25) is 0 Å². The van der Waals surface area contributed by atoms with Crippen molar-refractivity contribution in [2.24, 2.45) is 5.10 Å². The van der Waals surface area contributed by atoms with Gasteiger partial charge in [-0.3, -0.25) is 14.2 Å². The molecule has 0 bridgehead atoms. The van der Waals surface area contributed by atoms with Gasteiger partial charge in [-0.15, -0.1) is 11.3 Å². The van der Waals surface area contributed by atoms with Crippen molar-refractivity contribution < 1.29 is 9.53 Å². The molecule has 0 spiro atoms. The van der Waals surface area contributed by atoms with Gasteiger partial charge in [0.25, 0.3) is 11.5 Å². The maximum Gasteiger partial charge on any atom is 0.262 e. The van der Waals surface area contributed by atoms with Crippen LogP contribution in [0.1, 0.15) is 28.8 Å². The summed E-state index contributed by atoms with van der Waals surface area (Å²) >= 11 is 1.60. The summed E-state index contributed by atoms with van der Waals surface area (Å²) in [6.07, 6.45) is 7.13. The fourth-order valence-electron chi connectivity index (χ4n) is 3.38. The molecule has 1 amide bonds. The highest BCUT2D eigenvalue weighted by Gasteiger charge is 2.20. The number of aromatic nitrogens is 2. The number of hydrazone groups is 1. The first-order chi connectivity index (χ1) is 13.7. The van der Waals surface area contributed by atoms with E-state index in [0.29, 0.717) is 11.1 Å². The van der Waals surface area contributed by atoms with Crippen LogP contribution >= 0.6 is 11.3 Å². The lowest BCUT2D eigenvalue weighted by Crippen LogP contribution is -2.30. The minimum absolute atomic E-state index is 0.123. The molecule has 144 valence electrons. The van der Waals surface area contributed by atoms with E-state index in [4.69, 9.17) is 4.74 Å². The van der Waals surface area contributed by atoms with Crippen LogP contribution in [0.4, 0.5) is 0 Å². The van der Waals surface area contributed by atoms with Gasteiger partial charge in [0.05, 0.1) is 25.0 Å². The molecule has 0 unspecified atom stereocenters. The minimum Gasteiger partial charge on any atom is -0.497 e. The van der Waals surface area contributed by atoms with Crippen LogP contribution in [0.15, 0.2) is 40.5 Å². The number of nitrogens with one attached hydrogen (secondary N) is 1. The third-order valence-electron chi connectivity index (χ3n) is 4.75. The number of hydrogen-bond acceptors (Lipinski definition) is 6. The fraction of sp³-hybridized carbons (Fsp3) is 0.300. The second-order valence-electron chi connectivity index (χ2n) is 6.64. The van der Waals surface area contributed by atoms with Crippen molar-refractivity contribution in [3.63, 3.8) is 0 Å². The topological polar surface area (TPSA) is 85.6 Å². The van der Waals surface area contributed by atoms with Crippen molar-refractivity contribution in [1.82, 2.24) is 15.0 Å².